The first-order valence-corrected chi connectivity index (χ1v) is 9.57. The zero-order chi connectivity index (χ0) is 15.8. The van der Waals surface area contributed by atoms with Crippen molar-refractivity contribution < 1.29 is 0 Å². The molecule has 1 aliphatic heterocycles. The summed E-state index contributed by atoms with van der Waals surface area (Å²) in [6, 6.07) is 0.478. The fourth-order valence-corrected chi connectivity index (χ4v) is 3.49. The molecule has 1 aromatic heterocycles. The summed E-state index contributed by atoms with van der Waals surface area (Å²) in [5.41, 5.74) is 0. The molecule has 1 aliphatic rings. The fourth-order valence-electron chi connectivity index (χ4n) is 3.00. The third-order valence-corrected chi connectivity index (χ3v) is 5.09. The molecule has 1 aromatic rings. The van der Waals surface area contributed by atoms with Gasteiger partial charge in [-0.05, 0) is 37.2 Å². The number of likely N-dealkylation sites (tertiary alicyclic amines) is 1. The van der Waals surface area contributed by atoms with Gasteiger partial charge in [-0.3, -0.25) is 4.99 Å². The Balaban J connectivity index is 1.87. The lowest BCUT2D eigenvalue weighted by atomic mass is 9.93. The minimum absolute atomic E-state index is 0.478. The highest BCUT2D eigenvalue weighted by atomic mass is 32.2. The van der Waals surface area contributed by atoms with E-state index < -0.39 is 0 Å². The fraction of sp³-hybridized carbons (Fsp3) is 0.750. The van der Waals surface area contributed by atoms with Crippen LogP contribution in [0.15, 0.2) is 23.7 Å². The maximum absolute atomic E-state index is 4.47. The minimum atomic E-state index is 0.478. The van der Waals surface area contributed by atoms with E-state index in [0.29, 0.717) is 12.0 Å². The summed E-state index contributed by atoms with van der Waals surface area (Å²) < 4.78 is 2.24. The van der Waals surface area contributed by atoms with Gasteiger partial charge in [-0.15, -0.1) is 0 Å². The quantitative estimate of drug-likeness (QED) is 0.496. The molecule has 1 N–H and O–H groups in total. The third-order valence-electron chi connectivity index (χ3n) is 4.40. The lowest BCUT2D eigenvalue weighted by molar-refractivity contribution is 0.189. The van der Waals surface area contributed by atoms with E-state index in [1.54, 1.807) is 0 Å². The molecule has 2 atom stereocenters. The first-order chi connectivity index (χ1) is 10.8. The molecule has 0 amide bonds. The van der Waals surface area contributed by atoms with Crippen LogP contribution in [0.4, 0.5) is 0 Å². The zero-order valence-electron chi connectivity index (χ0n) is 14.0. The maximum Gasteiger partial charge on any atom is 0.193 e. The zero-order valence-corrected chi connectivity index (χ0v) is 14.9. The Bertz CT molecular complexity index is 445. The third kappa shape index (κ3) is 4.66. The number of guanidine groups is 1. The number of imidazole rings is 1. The first-order valence-electron chi connectivity index (χ1n) is 8.18. The maximum atomic E-state index is 4.47. The van der Waals surface area contributed by atoms with Crippen LogP contribution in [-0.2, 0) is 0 Å². The lowest BCUT2D eigenvalue weighted by Crippen LogP contribution is -2.49. The van der Waals surface area contributed by atoms with Crippen LogP contribution in [0, 0.1) is 5.92 Å². The van der Waals surface area contributed by atoms with Crippen LogP contribution in [0.3, 0.4) is 0 Å². The van der Waals surface area contributed by atoms with Gasteiger partial charge in [-0.2, -0.15) is 11.8 Å². The topological polar surface area (TPSA) is 45.5 Å². The number of nitrogens with one attached hydrogen (secondary N) is 1. The lowest BCUT2D eigenvalue weighted by Gasteiger charge is -2.39. The second kappa shape index (κ2) is 9.08. The van der Waals surface area contributed by atoms with Crippen LogP contribution in [-0.4, -0.2) is 59.1 Å². The molecule has 5 nitrogen and oxygen atoms in total. The average molecular weight is 324 g/mol. The van der Waals surface area contributed by atoms with E-state index in [9.17, 15) is 0 Å². The van der Waals surface area contributed by atoms with Crippen LogP contribution >= 0.6 is 11.8 Å². The van der Waals surface area contributed by atoms with Crippen molar-refractivity contribution >= 4 is 17.7 Å². The molecule has 0 aliphatic carbocycles. The molecule has 0 saturated carbocycles. The predicted molar refractivity (Wildman–Crippen MR) is 95.6 cm³/mol. The molecule has 0 aromatic carbocycles. The SMILES string of the molecule is CN=C(NCCCCSC)N1CCC(C)C(n2ccnc2)C1. The van der Waals surface area contributed by atoms with Gasteiger partial charge in [0.1, 0.15) is 0 Å². The number of aliphatic imine (C=N–C) groups is 1. The van der Waals surface area contributed by atoms with Crippen LogP contribution in [0.2, 0.25) is 0 Å². The summed E-state index contributed by atoms with van der Waals surface area (Å²) in [7, 11) is 1.88. The molecule has 124 valence electrons. The number of thioether (sulfide) groups is 1. The molecule has 2 unspecified atom stereocenters. The molecule has 1 saturated heterocycles. The summed E-state index contributed by atoms with van der Waals surface area (Å²) in [5.74, 6) is 2.95. The first kappa shape index (κ1) is 17.2. The smallest absolute Gasteiger partial charge is 0.193 e. The van der Waals surface area contributed by atoms with E-state index in [0.717, 1.165) is 25.6 Å². The molecule has 2 heterocycles. The highest BCUT2D eigenvalue weighted by molar-refractivity contribution is 7.98. The second-order valence-corrected chi connectivity index (χ2v) is 6.95. The number of aromatic nitrogens is 2. The van der Waals surface area contributed by atoms with Gasteiger partial charge in [0.2, 0.25) is 0 Å². The Labute approximate surface area is 138 Å². The number of nitrogens with zero attached hydrogens (tertiary/aromatic N) is 4. The van der Waals surface area contributed by atoms with Gasteiger partial charge in [-0.1, -0.05) is 6.92 Å². The molecule has 22 heavy (non-hydrogen) atoms. The molecule has 2 rings (SSSR count). The average Bonchev–Trinajstić information content (AvgIpc) is 3.06. The van der Waals surface area contributed by atoms with Gasteiger partial charge in [0, 0.05) is 39.1 Å². The van der Waals surface area contributed by atoms with E-state index in [4.69, 9.17) is 0 Å². The van der Waals surface area contributed by atoms with Gasteiger partial charge < -0.3 is 14.8 Å². The Morgan fingerprint density at radius 2 is 2.32 bits per heavy atom. The molecule has 0 bridgehead atoms. The molecule has 0 spiro atoms. The van der Waals surface area contributed by atoms with Crippen LogP contribution < -0.4 is 5.32 Å². The Hall–Kier alpha value is -1.17. The van der Waals surface area contributed by atoms with Gasteiger partial charge in [-0.25, -0.2) is 4.98 Å². The Morgan fingerprint density at radius 3 is 3.00 bits per heavy atom. The highest BCUT2D eigenvalue weighted by Crippen LogP contribution is 2.27. The molecular formula is C16H29N5S. The summed E-state index contributed by atoms with van der Waals surface area (Å²) >= 11 is 1.92. The van der Waals surface area contributed by atoms with E-state index in [2.05, 4.69) is 44.1 Å². The van der Waals surface area contributed by atoms with E-state index in [1.807, 2.05) is 31.3 Å². The normalized spacial score (nSPS) is 22.9. The van der Waals surface area contributed by atoms with Crippen molar-refractivity contribution in [3.63, 3.8) is 0 Å². The van der Waals surface area contributed by atoms with Crippen molar-refractivity contribution in [2.45, 2.75) is 32.2 Å². The van der Waals surface area contributed by atoms with Crippen LogP contribution in [0.25, 0.3) is 0 Å². The van der Waals surface area contributed by atoms with Gasteiger partial charge in [0.05, 0.1) is 12.4 Å². The summed E-state index contributed by atoms with van der Waals surface area (Å²) in [6.45, 7) is 5.43. The number of rotatable bonds is 6. The largest absolute Gasteiger partial charge is 0.356 e. The number of unbranched alkanes of at least 4 members (excludes halogenated alkanes) is 1. The number of hydrogen-bond donors (Lipinski definition) is 1. The Kier molecular flexibility index (Phi) is 7.09. The predicted octanol–water partition coefficient (Wildman–Crippen LogP) is 2.48. The minimum Gasteiger partial charge on any atom is -0.356 e. The number of hydrogen-bond acceptors (Lipinski definition) is 3. The molecular weight excluding hydrogens is 294 g/mol. The molecule has 1 fully saturated rings. The standard InChI is InChI=1S/C16H29N5S/c1-14-6-9-20(12-15(14)21-10-8-18-13-21)16(17-2)19-7-4-5-11-22-3/h8,10,13-15H,4-7,9,11-12H2,1-3H3,(H,17,19). The van der Waals surface area contributed by atoms with Gasteiger partial charge in [0.15, 0.2) is 5.96 Å². The van der Waals surface area contributed by atoms with E-state index in [1.165, 1.54) is 25.0 Å². The van der Waals surface area contributed by atoms with Crippen molar-refractivity contribution in [2.24, 2.45) is 10.9 Å². The number of piperidine rings is 1. The van der Waals surface area contributed by atoms with E-state index in [-0.39, 0.29) is 0 Å². The van der Waals surface area contributed by atoms with Crippen molar-refractivity contribution in [1.82, 2.24) is 19.8 Å². The second-order valence-electron chi connectivity index (χ2n) is 5.96. The highest BCUT2D eigenvalue weighted by Gasteiger charge is 2.28. The summed E-state index contributed by atoms with van der Waals surface area (Å²) in [6.07, 6.45) is 11.7. The van der Waals surface area contributed by atoms with Crippen molar-refractivity contribution in [1.29, 1.82) is 0 Å². The Morgan fingerprint density at radius 1 is 1.45 bits per heavy atom. The van der Waals surface area contributed by atoms with Gasteiger partial charge >= 0.3 is 0 Å². The monoisotopic (exact) mass is 323 g/mol. The van der Waals surface area contributed by atoms with Gasteiger partial charge in [0.25, 0.3) is 0 Å². The van der Waals surface area contributed by atoms with E-state index >= 15 is 0 Å². The van der Waals surface area contributed by atoms with Crippen LogP contribution in [0.5, 0.6) is 0 Å². The molecule has 6 heteroatoms. The van der Waals surface area contributed by atoms with Crippen LogP contribution in [0.1, 0.15) is 32.2 Å². The molecule has 0 radical (unpaired) electrons. The van der Waals surface area contributed by atoms with Crippen molar-refractivity contribution in [2.75, 3.05) is 38.7 Å². The van der Waals surface area contributed by atoms with Crippen molar-refractivity contribution in [3.05, 3.63) is 18.7 Å². The van der Waals surface area contributed by atoms with Crippen molar-refractivity contribution in [3.8, 4) is 0 Å². The summed E-state index contributed by atoms with van der Waals surface area (Å²) in [4.78, 5) is 11.1. The summed E-state index contributed by atoms with van der Waals surface area (Å²) in [5, 5.41) is 3.52.